The van der Waals surface area contributed by atoms with E-state index in [9.17, 15) is 13.5 Å². The summed E-state index contributed by atoms with van der Waals surface area (Å²) in [5.74, 6) is 0. The predicted octanol–water partition coefficient (Wildman–Crippen LogP) is 2.48. The minimum atomic E-state index is -3.51. The average Bonchev–Trinajstić information content (AvgIpc) is 2.63. The summed E-state index contributed by atoms with van der Waals surface area (Å²) in [7, 11) is -3.51. The second-order valence-corrected chi connectivity index (χ2v) is 8.84. The molecule has 1 rings (SSSR count). The van der Waals surface area contributed by atoms with Crippen LogP contribution >= 0.6 is 22.9 Å². The second kappa shape index (κ2) is 5.88. The van der Waals surface area contributed by atoms with Gasteiger partial charge in [-0.25, -0.2) is 13.1 Å². The summed E-state index contributed by atoms with van der Waals surface area (Å²) in [6, 6.07) is 3.01. The van der Waals surface area contributed by atoms with Gasteiger partial charge in [-0.1, -0.05) is 32.4 Å². The lowest BCUT2D eigenvalue weighted by molar-refractivity contribution is 0.0571. The van der Waals surface area contributed by atoms with E-state index < -0.39 is 16.1 Å². The van der Waals surface area contributed by atoms with Gasteiger partial charge < -0.3 is 5.11 Å². The van der Waals surface area contributed by atoms with Crippen LogP contribution in [-0.4, -0.2) is 26.2 Å². The molecule has 1 aromatic heterocycles. The van der Waals surface area contributed by atoms with Crippen LogP contribution in [0.3, 0.4) is 0 Å². The maximum absolute atomic E-state index is 11.8. The maximum Gasteiger partial charge on any atom is 0.250 e. The molecule has 0 aliphatic carbocycles. The number of rotatable bonds is 5. The van der Waals surface area contributed by atoms with Gasteiger partial charge in [-0.2, -0.15) is 0 Å². The van der Waals surface area contributed by atoms with Crippen molar-refractivity contribution in [2.75, 3.05) is 6.54 Å². The van der Waals surface area contributed by atoms with Crippen LogP contribution in [0.25, 0.3) is 0 Å². The summed E-state index contributed by atoms with van der Waals surface area (Å²) in [5.41, 5.74) is -0.252. The molecular weight excluding hydrogens is 294 g/mol. The first-order valence-corrected chi connectivity index (χ1v) is 8.24. The minimum Gasteiger partial charge on any atom is -0.393 e. The molecule has 0 bridgehead atoms. The van der Waals surface area contributed by atoms with Crippen molar-refractivity contribution >= 4 is 33.0 Å². The van der Waals surface area contributed by atoms with Gasteiger partial charge in [-0.15, -0.1) is 11.3 Å². The van der Waals surface area contributed by atoms with Crippen molar-refractivity contribution in [1.29, 1.82) is 0 Å². The van der Waals surface area contributed by atoms with Crippen LogP contribution in [0.2, 0.25) is 4.34 Å². The van der Waals surface area contributed by atoms with E-state index in [0.717, 1.165) is 11.3 Å². The SMILES string of the molecule is CC(C)(C)C(O)CCNS(=O)(=O)c1ccc(Cl)s1. The summed E-state index contributed by atoms with van der Waals surface area (Å²) >= 11 is 6.71. The molecule has 1 heterocycles. The first-order chi connectivity index (χ1) is 8.13. The number of halogens is 1. The monoisotopic (exact) mass is 311 g/mol. The van der Waals surface area contributed by atoms with Gasteiger partial charge in [0.15, 0.2) is 0 Å². The molecule has 0 amide bonds. The van der Waals surface area contributed by atoms with E-state index >= 15 is 0 Å². The zero-order chi connectivity index (χ0) is 14.0. The van der Waals surface area contributed by atoms with E-state index in [1.165, 1.54) is 6.07 Å². The summed E-state index contributed by atoms with van der Waals surface area (Å²) in [6.07, 6.45) is -0.172. The van der Waals surface area contributed by atoms with Crippen LogP contribution in [0.4, 0.5) is 0 Å². The standard InChI is InChI=1S/C11H18ClNO3S2/c1-11(2,3)8(14)6-7-13-18(15,16)10-5-4-9(12)17-10/h4-5,8,13-14H,6-7H2,1-3H3. The quantitative estimate of drug-likeness (QED) is 0.878. The molecule has 0 aliphatic heterocycles. The molecule has 1 unspecified atom stereocenters. The molecule has 1 atom stereocenters. The highest BCUT2D eigenvalue weighted by Crippen LogP contribution is 2.25. The second-order valence-electron chi connectivity index (χ2n) is 5.13. The van der Waals surface area contributed by atoms with E-state index in [2.05, 4.69) is 4.72 Å². The fourth-order valence-corrected chi connectivity index (χ4v) is 3.85. The van der Waals surface area contributed by atoms with Crippen LogP contribution in [0, 0.1) is 5.41 Å². The number of aliphatic hydroxyl groups is 1. The Balaban J connectivity index is 2.54. The minimum absolute atomic E-state index is 0.192. The number of hydrogen-bond donors (Lipinski definition) is 2. The zero-order valence-corrected chi connectivity index (χ0v) is 13.0. The molecule has 0 aliphatic rings. The molecule has 7 heteroatoms. The molecule has 0 aromatic carbocycles. The van der Waals surface area contributed by atoms with Gasteiger partial charge in [0.25, 0.3) is 0 Å². The van der Waals surface area contributed by atoms with E-state index in [0.29, 0.717) is 10.8 Å². The number of sulfonamides is 1. The molecular formula is C11H18ClNO3S2. The van der Waals surface area contributed by atoms with Crippen molar-refractivity contribution in [2.24, 2.45) is 5.41 Å². The lowest BCUT2D eigenvalue weighted by atomic mass is 9.87. The van der Waals surface area contributed by atoms with Crippen LogP contribution in [0.1, 0.15) is 27.2 Å². The Morgan fingerprint density at radius 2 is 2.06 bits per heavy atom. The largest absolute Gasteiger partial charge is 0.393 e. The molecule has 0 saturated carbocycles. The van der Waals surface area contributed by atoms with Crippen LogP contribution in [0.15, 0.2) is 16.3 Å². The van der Waals surface area contributed by atoms with Gasteiger partial charge >= 0.3 is 0 Å². The fraction of sp³-hybridized carbons (Fsp3) is 0.636. The van der Waals surface area contributed by atoms with Crippen molar-refractivity contribution in [2.45, 2.75) is 37.5 Å². The molecule has 1 aromatic rings. The number of thiophene rings is 1. The van der Waals surface area contributed by atoms with Crippen molar-refractivity contribution in [3.63, 3.8) is 0 Å². The molecule has 104 valence electrons. The topological polar surface area (TPSA) is 66.4 Å². The lowest BCUT2D eigenvalue weighted by Crippen LogP contribution is -2.32. The molecule has 0 saturated heterocycles. The predicted molar refractivity (Wildman–Crippen MR) is 74.6 cm³/mol. The summed E-state index contributed by atoms with van der Waals surface area (Å²) in [6.45, 7) is 5.93. The highest BCUT2D eigenvalue weighted by molar-refractivity contribution is 7.91. The first-order valence-electron chi connectivity index (χ1n) is 5.56. The Morgan fingerprint density at radius 1 is 1.44 bits per heavy atom. The van der Waals surface area contributed by atoms with Crippen molar-refractivity contribution in [3.05, 3.63) is 16.5 Å². The van der Waals surface area contributed by atoms with Gasteiger partial charge in [0, 0.05) is 6.54 Å². The summed E-state index contributed by atoms with van der Waals surface area (Å²) in [5, 5.41) is 9.80. The Bertz CT molecular complexity index is 491. The van der Waals surface area contributed by atoms with Gasteiger partial charge in [-0.05, 0) is 24.0 Å². The molecule has 4 nitrogen and oxygen atoms in total. The van der Waals surface area contributed by atoms with E-state index in [4.69, 9.17) is 11.6 Å². The molecule has 18 heavy (non-hydrogen) atoms. The lowest BCUT2D eigenvalue weighted by Gasteiger charge is -2.25. The van der Waals surface area contributed by atoms with Gasteiger partial charge in [0.1, 0.15) is 4.21 Å². The van der Waals surface area contributed by atoms with Gasteiger partial charge in [0.2, 0.25) is 10.0 Å². The Kier molecular flexibility index (Phi) is 5.20. The Hall–Kier alpha value is -0.140. The molecule has 0 fully saturated rings. The molecule has 0 radical (unpaired) electrons. The smallest absolute Gasteiger partial charge is 0.250 e. The average molecular weight is 312 g/mol. The Morgan fingerprint density at radius 3 is 2.50 bits per heavy atom. The number of aliphatic hydroxyl groups excluding tert-OH is 1. The zero-order valence-electron chi connectivity index (χ0n) is 10.6. The third-order valence-electron chi connectivity index (χ3n) is 2.52. The van der Waals surface area contributed by atoms with Gasteiger partial charge in [-0.3, -0.25) is 0 Å². The highest BCUT2D eigenvalue weighted by Gasteiger charge is 2.23. The van der Waals surface area contributed by atoms with E-state index in [-0.39, 0.29) is 16.2 Å². The van der Waals surface area contributed by atoms with Gasteiger partial charge in [0.05, 0.1) is 10.4 Å². The fourth-order valence-electron chi connectivity index (χ4n) is 1.28. The third kappa shape index (κ3) is 4.51. The van der Waals surface area contributed by atoms with Crippen LogP contribution < -0.4 is 4.72 Å². The van der Waals surface area contributed by atoms with Crippen LogP contribution in [0.5, 0.6) is 0 Å². The molecule has 0 spiro atoms. The summed E-state index contributed by atoms with van der Waals surface area (Å²) < 4.78 is 26.8. The highest BCUT2D eigenvalue weighted by atomic mass is 35.5. The summed E-state index contributed by atoms with van der Waals surface area (Å²) in [4.78, 5) is 0. The van der Waals surface area contributed by atoms with E-state index in [1.54, 1.807) is 6.07 Å². The maximum atomic E-state index is 11.8. The number of nitrogens with one attached hydrogen (secondary N) is 1. The Labute approximate surface area is 117 Å². The van der Waals surface area contributed by atoms with Crippen molar-refractivity contribution < 1.29 is 13.5 Å². The van der Waals surface area contributed by atoms with Crippen LogP contribution in [-0.2, 0) is 10.0 Å². The third-order valence-corrected chi connectivity index (χ3v) is 5.71. The van der Waals surface area contributed by atoms with Crippen molar-refractivity contribution in [1.82, 2.24) is 4.72 Å². The normalized spacial score (nSPS) is 14.7. The number of hydrogen-bond acceptors (Lipinski definition) is 4. The van der Waals surface area contributed by atoms with Crippen molar-refractivity contribution in [3.8, 4) is 0 Å². The molecule has 2 N–H and O–H groups in total. The first kappa shape index (κ1) is 15.9. The van der Waals surface area contributed by atoms with E-state index in [1.807, 2.05) is 20.8 Å².